The molecule has 38 heavy (non-hydrogen) atoms. The highest BCUT2D eigenvalue weighted by molar-refractivity contribution is 6.23. The average Bonchev–Trinajstić information content (AvgIpc) is 3.54. The lowest BCUT2D eigenvalue weighted by Gasteiger charge is -2.62. The lowest BCUT2D eigenvalue weighted by molar-refractivity contribution is -0.307. The average molecular weight is 557 g/mol. The molecule has 1 N–H and O–H groups in total. The predicted molar refractivity (Wildman–Crippen MR) is 128 cm³/mol. The maximum atomic E-state index is 13.1. The molecule has 5 aliphatic rings. The first kappa shape index (κ1) is 27.4. The maximum absolute atomic E-state index is 13.1. The van der Waals surface area contributed by atoms with Gasteiger partial charge < -0.3 is 33.5 Å². The molecule has 4 aliphatic heterocycles. The van der Waals surface area contributed by atoms with E-state index < -0.39 is 94.3 Å². The van der Waals surface area contributed by atoms with Crippen molar-refractivity contribution in [3.05, 3.63) is 12.2 Å². The molecule has 2 bridgehead atoms. The molecule has 0 amide bonds. The molecule has 0 unspecified atom stereocenters. The summed E-state index contributed by atoms with van der Waals surface area (Å²) in [6.07, 6.45) is -6.52. The van der Waals surface area contributed by atoms with E-state index in [1.54, 1.807) is 13.8 Å². The third-order valence-electron chi connectivity index (χ3n) is 9.21. The maximum Gasteiger partial charge on any atom is 0.312 e. The first-order valence-electron chi connectivity index (χ1n) is 12.8. The number of halogens is 1. The van der Waals surface area contributed by atoms with Crippen LogP contribution >= 0.6 is 11.6 Å². The SMILES string of the molecule is C=C1[C@H]2O[C@]3([C@@H](C)C(=O)O[C@H]3[C@H]1Cl)[C@@H](OC(C)=O)[C@H]1[C@]3(CC[C@H](OC(C)=O)[C@]1(C)[C@@H](O)[C@@H]2OC(C)=O)CO3. The third kappa shape index (κ3) is 3.65. The Morgan fingerprint density at radius 1 is 1.11 bits per heavy atom. The topological polar surface area (TPSA) is 147 Å². The fraction of sp³-hybridized carbons (Fsp3) is 0.769. The molecule has 0 aromatic rings. The van der Waals surface area contributed by atoms with Crippen LogP contribution < -0.4 is 0 Å². The zero-order chi connectivity index (χ0) is 27.9. The smallest absolute Gasteiger partial charge is 0.312 e. The molecule has 1 aliphatic carbocycles. The van der Waals surface area contributed by atoms with Crippen molar-refractivity contribution in [2.24, 2.45) is 17.3 Å². The number of aliphatic hydroxyl groups excluding tert-OH is 1. The van der Waals surface area contributed by atoms with Crippen LogP contribution in [0.5, 0.6) is 0 Å². The van der Waals surface area contributed by atoms with Gasteiger partial charge in [0.1, 0.15) is 24.4 Å². The normalized spacial score (nSPS) is 49.1. The highest BCUT2D eigenvalue weighted by Crippen LogP contribution is 2.65. The molecule has 0 aromatic carbocycles. The number of epoxide rings is 1. The molecule has 210 valence electrons. The third-order valence-corrected chi connectivity index (χ3v) is 9.72. The Labute approximate surface area is 225 Å². The minimum absolute atomic E-state index is 0.223. The van der Waals surface area contributed by atoms with Crippen LogP contribution in [0.25, 0.3) is 0 Å². The molecule has 12 heteroatoms. The van der Waals surface area contributed by atoms with E-state index in [4.69, 9.17) is 40.0 Å². The Balaban J connectivity index is 1.81. The summed E-state index contributed by atoms with van der Waals surface area (Å²) in [6, 6.07) is 0. The largest absolute Gasteiger partial charge is 0.462 e. The fourth-order valence-corrected chi connectivity index (χ4v) is 7.81. The van der Waals surface area contributed by atoms with Crippen molar-refractivity contribution in [2.45, 2.75) is 101 Å². The standard InChI is InChI=1S/C26H33ClO11/c1-10-16(27)21-26(11(2)23(32)37-21)22(36-14(5)30)19-24(6,20(31)18(17(10)38-26)35-13(4)29)15(34-12(3)28)7-8-25(19)9-33-25/h11,15-22,31H,1,7-9H2,2-6H3/t11-,15-,16-,17+,18+,19+,20-,21-,22-,24-,25-,26-/m0/s1. The van der Waals surface area contributed by atoms with Gasteiger partial charge in [-0.3, -0.25) is 19.2 Å². The molecule has 2 spiro atoms. The van der Waals surface area contributed by atoms with E-state index in [2.05, 4.69) is 6.58 Å². The Morgan fingerprint density at radius 2 is 1.71 bits per heavy atom. The van der Waals surface area contributed by atoms with Crippen molar-refractivity contribution in [1.82, 2.24) is 0 Å². The van der Waals surface area contributed by atoms with Gasteiger partial charge in [-0.25, -0.2) is 0 Å². The molecule has 4 saturated heterocycles. The van der Waals surface area contributed by atoms with Crippen molar-refractivity contribution in [3.63, 3.8) is 0 Å². The zero-order valence-corrected chi connectivity index (χ0v) is 22.7. The fourth-order valence-electron chi connectivity index (χ4n) is 7.43. The van der Waals surface area contributed by atoms with E-state index in [9.17, 15) is 24.3 Å². The van der Waals surface area contributed by atoms with Crippen LogP contribution in [-0.4, -0.2) is 88.8 Å². The molecular formula is C26H33ClO11. The first-order valence-corrected chi connectivity index (χ1v) is 13.2. The zero-order valence-electron chi connectivity index (χ0n) is 21.9. The predicted octanol–water partition coefficient (Wildman–Crippen LogP) is 1.20. The molecule has 12 atom stereocenters. The van der Waals surface area contributed by atoms with Crippen LogP contribution in [0.2, 0.25) is 0 Å². The van der Waals surface area contributed by atoms with Crippen LogP contribution in [-0.2, 0) is 47.6 Å². The Bertz CT molecular complexity index is 1090. The quantitative estimate of drug-likeness (QED) is 0.176. The van der Waals surface area contributed by atoms with Gasteiger partial charge in [0.2, 0.25) is 0 Å². The number of ether oxygens (including phenoxy) is 6. The lowest BCUT2D eigenvalue weighted by atomic mass is 9.51. The van der Waals surface area contributed by atoms with Crippen molar-refractivity contribution in [3.8, 4) is 0 Å². The van der Waals surface area contributed by atoms with Crippen LogP contribution in [0.15, 0.2) is 12.2 Å². The van der Waals surface area contributed by atoms with Gasteiger partial charge in [-0.2, -0.15) is 0 Å². The van der Waals surface area contributed by atoms with E-state index >= 15 is 0 Å². The lowest BCUT2D eigenvalue weighted by Crippen LogP contribution is -2.77. The molecule has 5 rings (SSSR count). The summed E-state index contributed by atoms with van der Waals surface area (Å²) < 4.78 is 35.8. The highest BCUT2D eigenvalue weighted by atomic mass is 35.5. The van der Waals surface area contributed by atoms with Crippen molar-refractivity contribution in [1.29, 1.82) is 0 Å². The number of carbonyl (C=O) groups is 4. The number of esters is 4. The minimum Gasteiger partial charge on any atom is -0.462 e. The van der Waals surface area contributed by atoms with E-state index in [0.717, 1.165) is 0 Å². The van der Waals surface area contributed by atoms with Gasteiger partial charge in [0.15, 0.2) is 17.8 Å². The van der Waals surface area contributed by atoms with Gasteiger partial charge in [-0.1, -0.05) is 13.5 Å². The van der Waals surface area contributed by atoms with Crippen molar-refractivity contribution in [2.75, 3.05) is 6.61 Å². The Kier molecular flexibility index (Phi) is 6.41. The van der Waals surface area contributed by atoms with Gasteiger partial charge in [0, 0.05) is 32.1 Å². The van der Waals surface area contributed by atoms with Crippen molar-refractivity contribution < 1.29 is 52.7 Å². The first-order chi connectivity index (χ1) is 17.7. The minimum atomic E-state index is -1.65. The second-order valence-electron chi connectivity index (χ2n) is 11.3. The van der Waals surface area contributed by atoms with E-state index in [0.29, 0.717) is 12.8 Å². The monoisotopic (exact) mass is 556 g/mol. The van der Waals surface area contributed by atoms with Crippen LogP contribution in [0.1, 0.15) is 47.5 Å². The van der Waals surface area contributed by atoms with Gasteiger partial charge >= 0.3 is 23.9 Å². The molecular weight excluding hydrogens is 524 g/mol. The summed E-state index contributed by atoms with van der Waals surface area (Å²) in [5.74, 6) is -4.40. The number of hydrogen-bond donors (Lipinski definition) is 1. The van der Waals surface area contributed by atoms with Crippen LogP contribution in [0.4, 0.5) is 0 Å². The summed E-state index contributed by atoms with van der Waals surface area (Å²) >= 11 is 6.85. The van der Waals surface area contributed by atoms with Crippen LogP contribution in [0.3, 0.4) is 0 Å². The summed E-state index contributed by atoms with van der Waals surface area (Å²) in [4.78, 5) is 50.3. The van der Waals surface area contributed by atoms with Gasteiger partial charge in [-0.05, 0) is 25.3 Å². The number of hydrogen-bond acceptors (Lipinski definition) is 11. The van der Waals surface area contributed by atoms with E-state index in [-0.39, 0.29) is 12.2 Å². The summed E-state index contributed by atoms with van der Waals surface area (Å²) in [5, 5.41) is 11.1. The molecule has 11 nitrogen and oxygen atoms in total. The van der Waals surface area contributed by atoms with Gasteiger partial charge in [0.05, 0.1) is 23.5 Å². The molecule has 4 heterocycles. The summed E-state index contributed by atoms with van der Waals surface area (Å²) in [6.45, 7) is 11.3. The number of fused-ring (bicyclic) bond motifs is 3. The van der Waals surface area contributed by atoms with Gasteiger partial charge in [0.25, 0.3) is 0 Å². The Morgan fingerprint density at radius 3 is 2.26 bits per heavy atom. The van der Waals surface area contributed by atoms with E-state index in [1.807, 2.05) is 0 Å². The summed E-state index contributed by atoms with van der Waals surface area (Å²) in [7, 11) is 0. The number of aliphatic hydroxyl groups is 1. The summed E-state index contributed by atoms with van der Waals surface area (Å²) in [5.41, 5.74) is -3.72. The Hall–Kier alpha value is -2.21. The number of rotatable bonds is 3. The second-order valence-corrected chi connectivity index (χ2v) is 11.8. The van der Waals surface area contributed by atoms with Crippen molar-refractivity contribution >= 4 is 35.5 Å². The highest BCUT2D eigenvalue weighted by Gasteiger charge is 2.79. The number of alkyl halides is 1. The molecule has 0 radical (unpaired) electrons. The molecule has 5 fully saturated rings. The number of carbonyl (C=O) groups excluding carboxylic acids is 4. The molecule has 1 saturated carbocycles. The van der Waals surface area contributed by atoms with Gasteiger partial charge in [-0.15, -0.1) is 11.6 Å². The molecule has 0 aromatic heterocycles. The van der Waals surface area contributed by atoms with E-state index in [1.165, 1.54) is 20.8 Å². The second kappa shape index (κ2) is 8.90. The van der Waals surface area contributed by atoms with Crippen LogP contribution in [0, 0.1) is 17.3 Å².